The Morgan fingerprint density at radius 1 is 1.38 bits per heavy atom. The highest BCUT2D eigenvalue weighted by Gasteiger charge is 2.21. The van der Waals surface area contributed by atoms with Gasteiger partial charge >= 0.3 is 0 Å². The molecule has 0 radical (unpaired) electrons. The molecular formula is C10H12N6. The van der Waals surface area contributed by atoms with E-state index in [1.54, 1.807) is 6.20 Å². The molecule has 6 heteroatoms. The maximum atomic E-state index is 4.33. The zero-order valence-electron chi connectivity index (χ0n) is 8.74. The van der Waals surface area contributed by atoms with Crippen LogP contribution < -0.4 is 5.32 Å². The van der Waals surface area contributed by atoms with E-state index in [2.05, 4.69) is 25.7 Å². The highest BCUT2D eigenvalue weighted by atomic mass is 15.6. The summed E-state index contributed by atoms with van der Waals surface area (Å²) in [6, 6.07) is 5.87. The van der Waals surface area contributed by atoms with Crippen LogP contribution in [0.5, 0.6) is 0 Å². The van der Waals surface area contributed by atoms with E-state index in [1.165, 1.54) is 11.2 Å². The van der Waals surface area contributed by atoms with E-state index in [1.807, 2.05) is 18.2 Å². The number of hydrogen-bond acceptors (Lipinski definition) is 5. The van der Waals surface area contributed by atoms with Crippen molar-refractivity contribution in [2.24, 2.45) is 0 Å². The van der Waals surface area contributed by atoms with Gasteiger partial charge in [0.15, 0.2) is 11.6 Å². The molecule has 0 aromatic carbocycles. The minimum atomic E-state index is 0.248. The lowest BCUT2D eigenvalue weighted by Gasteiger charge is -2.02. The van der Waals surface area contributed by atoms with Gasteiger partial charge in [0.2, 0.25) is 0 Å². The van der Waals surface area contributed by atoms with Gasteiger partial charge in [-0.3, -0.25) is 0 Å². The molecule has 2 aromatic heterocycles. The number of nitrogens with zero attached hydrogens (tertiary/aromatic N) is 5. The number of rotatable bonds is 2. The first kappa shape index (κ1) is 9.41. The average molecular weight is 216 g/mol. The average Bonchev–Trinajstić information content (AvgIpc) is 3.01. The smallest absolute Gasteiger partial charge is 0.192 e. The summed E-state index contributed by atoms with van der Waals surface area (Å²) >= 11 is 0. The lowest BCUT2D eigenvalue weighted by atomic mass is 10.2. The largest absolute Gasteiger partial charge is 0.307 e. The maximum Gasteiger partial charge on any atom is 0.192 e. The van der Waals surface area contributed by atoms with Gasteiger partial charge in [-0.25, -0.2) is 4.98 Å². The molecule has 1 aliphatic heterocycles. The first-order valence-corrected chi connectivity index (χ1v) is 5.38. The molecule has 1 atom stereocenters. The SMILES string of the molecule is c1ccc(-n2nnc(C3CCCN3)n2)nc1. The predicted octanol–water partition coefficient (Wildman–Crippen LogP) is 0.482. The molecule has 1 aliphatic rings. The molecule has 16 heavy (non-hydrogen) atoms. The molecule has 0 bridgehead atoms. The van der Waals surface area contributed by atoms with Crippen molar-refractivity contribution < 1.29 is 0 Å². The third-order valence-corrected chi connectivity index (χ3v) is 2.66. The van der Waals surface area contributed by atoms with E-state index in [0.29, 0.717) is 5.82 Å². The fraction of sp³-hybridized carbons (Fsp3) is 0.400. The summed E-state index contributed by atoms with van der Waals surface area (Å²) in [7, 11) is 0. The van der Waals surface area contributed by atoms with Crippen LogP contribution in [-0.4, -0.2) is 31.7 Å². The molecular weight excluding hydrogens is 204 g/mol. The molecule has 1 fully saturated rings. The van der Waals surface area contributed by atoms with Gasteiger partial charge in [-0.15, -0.1) is 15.0 Å². The van der Waals surface area contributed by atoms with Crippen LogP contribution in [-0.2, 0) is 0 Å². The Labute approximate surface area is 92.7 Å². The fourth-order valence-electron chi connectivity index (χ4n) is 1.84. The highest BCUT2D eigenvalue weighted by molar-refractivity contribution is 5.17. The van der Waals surface area contributed by atoms with Crippen molar-refractivity contribution in [1.29, 1.82) is 0 Å². The van der Waals surface area contributed by atoms with Crippen LogP contribution in [0.1, 0.15) is 24.7 Å². The molecule has 6 nitrogen and oxygen atoms in total. The van der Waals surface area contributed by atoms with E-state index in [9.17, 15) is 0 Å². The van der Waals surface area contributed by atoms with Gasteiger partial charge in [-0.05, 0) is 36.7 Å². The minimum Gasteiger partial charge on any atom is -0.307 e. The van der Waals surface area contributed by atoms with Crippen molar-refractivity contribution in [2.75, 3.05) is 6.54 Å². The molecule has 0 saturated carbocycles. The molecule has 82 valence electrons. The molecule has 0 spiro atoms. The van der Waals surface area contributed by atoms with Gasteiger partial charge in [-0.1, -0.05) is 6.07 Å². The Balaban J connectivity index is 1.87. The topological polar surface area (TPSA) is 68.5 Å². The first-order valence-electron chi connectivity index (χ1n) is 5.38. The molecule has 0 amide bonds. The van der Waals surface area contributed by atoms with Crippen LogP contribution in [0.4, 0.5) is 0 Å². The Kier molecular flexibility index (Phi) is 2.34. The quantitative estimate of drug-likeness (QED) is 0.790. The molecule has 1 unspecified atom stereocenters. The van der Waals surface area contributed by atoms with Crippen LogP contribution in [0.15, 0.2) is 24.4 Å². The highest BCUT2D eigenvalue weighted by Crippen LogP contribution is 2.18. The Bertz CT molecular complexity index is 459. The first-order chi connectivity index (χ1) is 7.93. The van der Waals surface area contributed by atoms with Crippen molar-refractivity contribution in [3.63, 3.8) is 0 Å². The van der Waals surface area contributed by atoms with Gasteiger partial charge in [0.25, 0.3) is 0 Å². The van der Waals surface area contributed by atoms with Gasteiger partial charge in [0.05, 0.1) is 6.04 Å². The van der Waals surface area contributed by atoms with E-state index in [0.717, 1.165) is 18.8 Å². The predicted molar refractivity (Wildman–Crippen MR) is 56.9 cm³/mol. The van der Waals surface area contributed by atoms with E-state index in [-0.39, 0.29) is 6.04 Å². The monoisotopic (exact) mass is 216 g/mol. The summed E-state index contributed by atoms with van der Waals surface area (Å²) in [5, 5.41) is 15.7. The second kappa shape index (κ2) is 3.97. The molecule has 2 aromatic rings. The molecule has 1 N–H and O–H groups in total. The van der Waals surface area contributed by atoms with Crippen molar-refractivity contribution in [3.8, 4) is 5.82 Å². The Morgan fingerprint density at radius 2 is 2.38 bits per heavy atom. The third kappa shape index (κ3) is 1.67. The normalized spacial score (nSPS) is 20.1. The van der Waals surface area contributed by atoms with E-state index in [4.69, 9.17) is 0 Å². The zero-order valence-corrected chi connectivity index (χ0v) is 8.74. The second-order valence-corrected chi connectivity index (χ2v) is 3.77. The minimum absolute atomic E-state index is 0.248. The number of tetrazole rings is 1. The van der Waals surface area contributed by atoms with Crippen LogP contribution in [0.25, 0.3) is 5.82 Å². The van der Waals surface area contributed by atoms with E-state index >= 15 is 0 Å². The summed E-state index contributed by atoms with van der Waals surface area (Å²) in [5.74, 6) is 1.45. The van der Waals surface area contributed by atoms with Crippen molar-refractivity contribution in [2.45, 2.75) is 18.9 Å². The van der Waals surface area contributed by atoms with E-state index < -0.39 is 0 Å². The van der Waals surface area contributed by atoms with Crippen molar-refractivity contribution in [1.82, 2.24) is 30.5 Å². The molecule has 3 rings (SSSR count). The summed E-state index contributed by atoms with van der Waals surface area (Å²) in [6.07, 6.45) is 3.96. The number of hydrogen-bond donors (Lipinski definition) is 1. The Hall–Kier alpha value is -1.82. The van der Waals surface area contributed by atoms with Crippen LogP contribution in [0.3, 0.4) is 0 Å². The summed E-state index contributed by atoms with van der Waals surface area (Å²) in [6.45, 7) is 1.03. The molecule has 0 aliphatic carbocycles. The lowest BCUT2D eigenvalue weighted by Crippen LogP contribution is -2.14. The maximum absolute atomic E-state index is 4.33. The zero-order chi connectivity index (χ0) is 10.8. The third-order valence-electron chi connectivity index (χ3n) is 2.66. The summed E-state index contributed by atoms with van der Waals surface area (Å²) in [5.41, 5.74) is 0. The van der Waals surface area contributed by atoms with Gasteiger partial charge in [-0.2, -0.15) is 0 Å². The van der Waals surface area contributed by atoms with Crippen molar-refractivity contribution in [3.05, 3.63) is 30.2 Å². The van der Waals surface area contributed by atoms with Gasteiger partial charge in [0, 0.05) is 6.20 Å². The standard InChI is InChI=1S/C10H12N6/c1-2-6-12-9(5-1)16-14-10(13-15-16)8-4-3-7-11-8/h1-2,5-6,8,11H,3-4,7H2. The van der Waals surface area contributed by atoms with Crippen LogP contribution in [0, 0.1) is 0 Å². The van der Waals surface area contributed by atoms with Crippen LogP contribution in [0.2, 0.25) is 0 Å². The molecule has 1 saturated heterocycles. The van der Waals surface area contributed by atoms with Gasteiger partial charge < -0.3 is 5.32 Å². The fourth-order valence-corrected chi connectivity index (χ4v) is 1.84. The number of nitrogens with one attached hydrogen (secondary N) is 1. The lowest BCUT2D eigenvalue weighted by molar-refractivity contribution is 0.601. The van der Waals surface area contributed by atoms with Crippen molar-refractivity contribution >= 4 is 0 Å². The Morgan fingerprint density at radius 3 is 3.12 bits per heavy atom. The molecule has 3 heterocycles. The number of aromatic nitrogens is 5. The van der Waals surface area contributed by atoms with Crippen LogP contribution >= 0.6 is 0 Å². The summed E-state index contributed by atoms with van der Waals surface area (Å²) < 4.78 is 0. The van der Waals surface area contributed by atoms with Gasteiger partial charge in [0.1, 0.15) is 0 Å². The second-order valence-electron chi connectivity index (χ2n) is 3.77. The number of pyridine rings is 1. The summed E-state index contributed by atoms with van der Waals surface area (Å²) in [4.78, 5) is 5.63.